The molecule has 3 aliphatic rings. The van der Waals surface area contributed by atoms with Gasteiger partial charge in [0, 0.05) is 43.5 Å². The minimum atomic E-state index is -0.331. The SMILES string of the molecule is CC(=O)Nc1ccc(NC(=O)CN2C(=O)C3CCCCN3c3ccc(C(=O)N4CCCC4)cc32)cc1. The summed E-state index contributed by atoms with van der Waals surface area (Å²) in [6.45, 7) is 3.56. The van der Waals surface area contributed by atoms with Crippen LogP contribution in [0.2, 0.25) is 0 Å². The molecule has 1 unspecified atom stereocenters. The second-order valence-electron chi connectivity index (χ2n) is 9.64. The zero-order valence-electron chi connectivity index (χ0n) is 20.5. The highest BCUT2D eigenvalue weighted by atomic mass is 16.2. The summed E-state index contributed by atoms with van der Waals surface area (Å²) in [5, 5.41) is 5.53. The molecule has 0 radical (unpaired) electrons. The van der Waals surface area contributed by atoms with Crippen LogP contribution in [0.4, 0.5) is 22.7 Å². The van der Waals surface area contributed by atoms with Crippen molar-refractivity contribution >= 4 is 46.4 Å². The van der Waals surface area contributed by atoms with E-state index in [0.29, 0.717) is 22.6 Å². The van der Waals surface area contributed by atoms with Crippen molar-refractivity contribution < 1.29 is 19.2 Å². The Hall–Kier alpha value is -3.88. The van der Waals surface area contributed by atoms with Gasteiger partial charge in [0.05, 0.1) is 11.4 Å². The molecule has 5 rings (SSSR count). The first-order chi connectivity index (χ1) is 17.4. The molecule has 3 aliphatic heterocycles. The van der Waals surface area contributed by atoms with Crippen LogP contribution < -0.4 is 20.4 Å². The van der Waals surface area contributed by atoms with Gasteiger partial charge in [-0.25, -0.2) is 0 Å². The van der Waals surface area contributed by atoms with Crippen molar-refractivity contribution in [3.05, 3.63) is 48.0 Å². The quantitative estimate of drug-likeness (QED) is 0.672. The normalized spacial score (nSPS) is 19.0. The molecular formula is C27H31N5O4. The number of nitrogens with one attached hydrogen (secondary N) is 2. The Labute approximate surface area is 210 Å². The summed E-state index contributed by atoms with van der Waals surface area (Å²) in [7, 11) is 0. The molecule has 4 amide bonds. The molecule has 0 aromatic heterocycles. The van der Waals surface area contributed by atoms with Gasteiger partial charge in [-0.3, -0.25) is 24.1 Å². The minimum Gasteiger partial charge on any atom is -0.358 e. The van der Waals surface area contributed by atoms with E-state index >= 15 is 0 Å². The van der Waals surface area contributed by atoms with Gasteiger partial charge < -0.3 is 20.4 Å². The van der Waals surface area contributed by atoms with Crippen LogP contribution in [0.5, 0.6) is 0 Å². The van der Waals surface area contributed by atoms with E-state index in [1.165, 1.54) is 11.8 Å². The molecule has 0 aliphatic carbocycles. The number of likely N-dealkylation sites (tertiary alicyclic amines) is 1. The molecule has 2 fully saturated rings. The Morgan fingerprint density at radius 3 is 2.22 bits per heavy atom. The molecule has 3 heterocycles. The van der Waals surface area contributed by atoms with Crippen molar-refractivity contribution in [3.63, 3.8) is 0 Å². The standard InChI is InChI=1S/C27H31N5O4/c1-18(33)28-20-8-10-21(11-9-20)29-25(34)17-32-24-16-19(26(35)30-13-4-5-14-30)7-12-22(24)31-15-3-2-6-23(31)27(32)36/h7-12,16,23H,2-6,13-15,17H2,1H3,(H,28,33)(H,29,34). The summed E-state index contributed by atoms with van der Waals surface area (Å²) in [5.41, 5.74) is 3.24. The van der Waals surface area contributed by atoms with Crippen molar-refractivity contribution in [1.82, 2.24) is 4.90 Å². The van der Waals surface area contributed by atoms with Gasteiger partial charge in [-0.2, -0.15) is 0 Å². The van der Waals surface area contributed by atoms with E-state index in [4.69, 9.17) is 0 Å². The number of carbonyl (C=O) groups is 4. The number of benzene rings is 2. The third-order valence-electron chi connectivity index (χ3n) is 7.06. The Kier molecular flexibility index (Phi) is 6.63. The third-order valence-corrected chi connectivity index (χ3v) is 7.06. The summed E-state index contributed by atoms with van der Waals surface area (Å²) in [6.07, 6.45) is 4.72. The number of anilines is 4. The number of hydrogen-bond acceptors (Lipinski definition) is 5. The fourth-order valence-electron chi connectivity index (χ4n) is 5.34. The van der Waals surface area contributed by atoms with Crippen LogP contribution in [0.1, 0.15) is 49.4 Å². The molecule has 0 saturated carbocycles. The largest absolute Gasteiger partial charge is 0.358 e. The summed E-state index contributed by atoms with van der Waals surface area (Å²) in [5.74, 6) is -0.646. The van der Waals surface area contributed by atoms with Crippen molar-refractivity contribution in [2.75, 3.05) is 46.6 Å². The molecule has 2 aromatic carbocycles. The predicted molar refractivity (Wildman–Crippen MR) is 138 cm³/mol. The first kappa shape index (κ1) is 23.8. The lowest BCUT2D eigenvalue weighted by Gasteiger charge is -2.45. The molecule has 0 bridgehead atoms. The van der Waals surface area contributed by atoms with Crippen LogP contribution in [0.3, 0.4) is 0 Å². The lowest BCUT2D eigenvalue weighted by Crippen LogP contribution is -2.56. The zero-order chi connectivity index (χ0) is 25.2. The Bertz CT molecular complexity index is 1190. The van der Waals surface area contributed by atoms with E-state index in [0.717, 1.165) is 57.4 Å². The highest BCUT2D eigenvalue weighted by molar-refractivity contribution is 6.11. The molecule has 1 atom stereocenters. The van der Waals surface area contributed by atoms with Gasteiger partial charge in [0.25, 0.3) is 5.91 Å². The van der Waals surface area contributed by atoms with Crippen LogP contribution in [0.15, 0.2) is 42.5 Å². The first-order valence-electron chi connectivity index (χ1n) is 12.6. The Morgan fingerprint density at radius 2 is 1.53 bits per heavy atom. The van der Waals surface area contributed by atoms with Gasteiger partial charge in [-0.05, 0) is 74.6 Å². The van der Waals surface area contributed by atoms with Crippen LogP contribution in [-0.2, 0) is 14.4 Å². The second kappa shape index (κ2) is 10.0. The Balaban J connectivity index is 1.39. The fourth-order valence-corrected chi connectivity index (χ4v) is 5.34. The number of piperidine rings is 1. The average molecular weight is 490 g/mol. The molecule has 9 nitrogen and oxygen atoms in total. The van der Waals surface area contributed by atoms with Crippen LogP contribution >= 0.6 is 0 Å². The Morgan fingerprint density at radius 1 is 0.861 bits per heavy atom. The van der Waals surface area contributed by atoms with E-state index in [1.54, 1.807) is 30.3 Å². The maximum Gasteiger partial charge on any atom is 0.253 e. The van der Waals surface area contributed by atoms with Gasteiger partial charge >= 0.3 is 0 Å². The molecule has 2 saturated heterocycles. The summed E-state index contributed by atoms with van der Waals surface area (Å²) >= 11 is 0. The van der Waals surface area contributed by atoms with E-state index in [1.807, 2.05) is 17.0 Å². The van der Waals surface area contributed by atoms with Crippen LogP contribution in [0.25, 0.3) is 0 Å². The number of fused-ring (bicyclic) bond motifs is 3. The lowest BCUT2D eigenvalue weighted by molar-refractivity contribution is -0.123. The van der Waals surface area contributed by atoms with E-state index < -0.39 is 0 Å². The second-order valence-corrected chi connectivity index (χ2v) is 9.64. The van der Waals surface area contributed by atoms with Crippen molar-refractivity contribution in [1.29, 1.82) is 0 Å². The van der Waals surface area contributed by atoms with Crippen LogP contribution in [-0.4, -0.2) is 60.7 Å². The fraction of sp³-hybridized carbons (Fsp3) is 0.407. The summed E-state index contributed by atoms with van der Waals surface area (Å²) in [4.78, 5) is 56.4. The maximum atomic E-state index is 13.6. The van der Waals surface area contributed by atoms with Crippen molar-refractivity contribution in [3.8, 4) is 0 Å². The van der Waals surface area contributed by atoms with Crippen molar-refractivity contribution in [2.24, 2.45) is 0 Å². The van der Waals surface area contributed by atoms with E-state index in [-0.39, 0.29) is 36.2 Å². The average Bonchev–Trinajstić information content (AvgIpc) is 3.42. The molecular weight excluding hydrogens is 458 g/mol. The summed E-state index contributed by atoms with van der Waals surface area (Å²) in [6, 6.07) is 12.0. The van der Waals surface area contributed by atoms with Gasteiger partial charge in [-0.15, -0.1) is 0 Å². The number of hydrogen-bond donors (Lipinski definition) is 2. The van der Waals surface area contributed by atoms with Crippen molar-refractivity contribution in [2.45, 2.75) is 45.1 Å². The first-order valence-corrected chi connectivity index (χ1v) is 12.6. The molecule has 2 N–H and O–H groups in total. The van der Waals surface area contributed by atoms with Gasteiger partial charge in [0.15, 0.2) is 0 Å². The van der Waals surface area contributed by atoms with Gasteiger partial charge in [0.1, 0.15) is 12.6 Å². The molecule has 0 spiro atoms. The molecule has 9 heteroatoms. The number of amides is 4. The van der Waals surface area contributed by atoms with Gasteiger partial charge in [0.2, 0.25) is 17.7 Å². The topological polar surface area (TPSA) is 102 Å². The lowest BCUT2D eigenvalue weighted by atomic mass is 9.95. The molecule has 36 heavy (non-hydrogen) atoms. The zero-order valence-corrected chi connectivity index (χ0v) is 20.5. The van der Waals surface area contributed by atoms with Crippen LogP contribution in [0, 0.1) is 0 Å². The third kappa shape index (κ3) is 4.78. The number of rotatable bonds is 5. The monoisotopic (exact) mass is 489 g/mol. The maximum absolute atomic E-state index is 13.6. The number of nitrogens with zero attached hydrogens (tertiary/aromatic N) is 3. The minimum absolute atomic E-state index is 0.0350. The highest BCUT2D eigenvalue weighted by Gasteiger charge is 2.40. The van der Waals surface area contributed by atoms with E-state index in [9.17, 15) is 19.2 Å². The molecule has 2 aromatic rings. The molecule has 188 valence electrons. The smallest absolute Gasteiger partial charge is 0.253 e. The predicted octanol–water partition coefficient (Wildman–Crippen LogP) is 3.23. The number of carbonyl (C=O) groups excluding carboxylic acids is 4. The van der Waals surface area contributed by atoms with E-state index in [2.05, 4.69) is 15.5 Å². The highest BCUT2D eigenvalue weighted by Crippen LogP contribution is 2.40. The summed E-state index contributed by atoms with van der Waals surface area (Å²) < 4.78 is 0. The van der Waals surface area contributed by atoms with Gasteiger partial charge in [-0.1, -0.05) is 0 Å².